The summed E-state index contributed by atoms with van der Waals surface area (Å²) in [7, 11) is 0. The van der Waals surface area contributed by atoms with Crippen LogP contribution in [0.2, 0.25) is 0 Å². The standard InChI is InChI=1S/C29H27N5O3S/c1-4-26-32-27-19(2)16-20(3)31-28(27)33(26)18-21-10-12-22(13-11-21)24-17-30-15-14-25(24)34(38(36)37)29(35)23-8-6-5-7-9-23/h5-17H,4,18H2,1-3H3,(H,36,37). The third kappa shape index (κ3) is 4.85. The zero-order valence-electron chi connectivity index (χ0n) is 21.3. The van der Waals surface area contributed by atoms with Gasteiger partial charge in [0.25, 0.3) is 17.2 Å². The van der Waals surface area contributed by atoms with Crippen LogP contribution in [0.3, 0.4) is 0 Å². The molecule has 1 unspecified atom stereocenters. The lowest BCUT2D eigenvalue weighted by Gasteiger charge is -2.21. The summed E-state index contributed by atoms with van der Waals surface area (Å²) in [5.41, 5.74) is 6.85. The van der Waals surface area contributed by atoms with Gasteiger partial charge in [-0.1, -0.05) is 49.4 Å². The summed E-state index contributed by atoms with van der Waals surface area (Å²) in [6.45, 7) is 6.73. The number of benzene rings is 2. The van der Waals surface area contributed by atoms with Crippen LogP contribution in [0, 0.1) is 13.8 Å². The van der Waals surface area contributed by atoms with E-state index in [1.807, 2.05) is 37.3 Å². The Bertz CT molecular complexity index is 1650. The van der Waals surface area contributed by atoms with E-state index < -0.39 is 17.2 Å². The molecule has 0 aliphatic rings. The van der Waals surface area contributed by atoms with Crippen molar-refractivity contribution in [2.24, 2.45) is 0 Å². The number of carbonyl (C=O) groups is 1. The highest BCUT2D eigenvalue weighted by atomic mass is 32.2. The zero-order valence-corrected chi connectivity index (χ0v) is 22.1. The molecule has 192 valence electrons. The number of rotatable bonds is 7. The van der Waals surface area contributed by atoms with Gasteiger partial charge in [-0.25, -0.2) is 18.5 Å². The van der Waals surface area contributed by atoms with Gasteiger partial charge < -0.3 is 4.57 Å². The lowest BCUT2D eigenvalue weighted by molar-refractivity contribution is 0.100. The number of pyridine rings is 2. The monoisotopic (exact) mass is 525 g/mol. The smallest absolute Gasteiger partial charge is 0.272 e. The molecule has 0 radical (unpaired) electrons. The summed E-state index contributed by atoms with van der Waals surface area (Å²) in [5, 5.41) is 0. The molecule has 38 heavy (non-hydrogen) atoms. The summed E-state index contributed by atoms with van der Waals surface area (Å²) in [6, 6.07) is 19.9. The largest absolute Gasteiger partial charge is 0.308 e. The molecule has 3 heterocycles. The molecule has 1 N–H and O–H groups in total. The molecule has 2 aromatic carbocycles. The van der Waals surface area contributed by atoms with Crippen molar-refractivity contribution >= 4 is 34.0 Å². The van der Waals surface area contributed by atoms with Crippen molar-refractivity contribution in [3.05, 3.63) is 107 Å². The maximum absolute atomic E-state index is 13.2. The number of imidazole rings is 1. The second-order valence-electron chi connectivity index (χ2n) is 9.01. The highest BCUT2D eigenvalue weighted by Gasteiger charge is 2.25. The molecule has 0 bridgehead atoms. The molecule has 0 aliphatic heterocycles. The highest BCUT2D eigenvalue weighted by molar-refractivity contribution is 7.81. The third-order valence-corrected chi connectivity index (χ3v) is 7.08. The van der Waals surface area contributed by atoms with Gasteiger partial charge in [0.05, 0.1) is 12.2 Å². The molecule has 0 aliphatic carbocycles. The van der Waals surface area contributed by atoms with Crippen LogP contribution in [-0.2, 0) is 24.2 Å². The quantitative estimate of drug-likeness (QED) is 0.282. The van der Waals surface area contributed by atoms with Crippen LogP contribution in [0.4, 0.5) is 5.69 Å². The Hall–Kier alpha value is -4.21. The van der Waals surface area contributed by atoms with Crippen LogP contribution in [0.15, 0.2) is 79.1 Å². The van der Waals surface area contributed by atoms with Crippen molar-refractivity contribution in [1.29, 1.82) is 0 Å². The van der Waals surface area contributed by atoms with Crippen molar-refractivity contribution in [2.75, 3.05) is 4.31 Å². The van der Waals surface area contributed by atoms with E-state index in [4.69, 9.17) is 9.97 Å². The number of aromatic nitrogens is 4. The van der Waals surface area contributed by atoms with Crippen molar-refractivity contribution in [3.8, 4) is 11.1 Å². The molecule has 1 atom stereocenters. The van der Waals surface area contributed by atoms with Gasteiger partial charge in [0.15, 0.2) is 5.65 Å². The van der Waals surface area contributed by atoms with E-state index in [0.717, 1.165) is 50.1 Å². The second kappa shape index (κ2) is 10.6. The first-order valence-corrected chi connectivity index (χ1v) is 13.3. The van der Waals surface area contributed by atoms with Gasteiger partial charge in [0.1, 0.15) is 11.3 Å². The Morgan fingerprint density at radius 3 is 2.45 bits per heavy atom. The number of amides is 1. The third-order valence-electron chi connectivity index (χ3n) is 6.40. The minimum Gasteiger partial charge on any atom is -0.308 e. The van der Waals surface area contributed by atoms with E-state index in [2.05, 4.69) is 23.4 Å². The minimum absolute atomic E-state index is 0.298. The van der Waals surface area contributed by atoms with Crippen molar-refractivity contribution in [3.63, 3.8) is 0 Å². The SMILES string of the molecule is CCc1nc2c(C)cc(C)nc2n1Cc1ccc(-c2cnccc2N(C(=O)c2ccccc2)S(=O)O)cc1. The van der Waals surface area contributed by atoms with E-state index in [-0.39, 0.29) is 0 Å². The fourth-order valence-electron chi connectivity index (χ4n) is 4.61. The van der Waals surface area contributed by atoms with Crippen molar-refractivity contribution in [1.82, 2.24) is 19.5 Å². The predicted molar refractivity (Wildman–Crippen MR) is 149 cm³/mol. The summed E-state index contributed by atoms with van der Waals surface area (Å²) in [4.78, 5) is 27.0. The molecule has 0 saturated heterocycles. The predicted octanol–water partition coefficient (Wildman–Crippen LogP) is 5.50. The normalized spacial score (nSPS) is 12.0. The first-order valence-electron chi connectivity index (χ1n) is 12.2. The molecule has 0 spiro atoms. The van der Waals surface area contributed by atoms with Gasteiger partial charge in [0.2, 0.25) is 0 Å². The molecule has 9 heteroatoms. The second-order valence-corrected chi connectivity index (χ2v) is 9.83. The Labute approximate surface area is 223 Å². The molecular formula is C29H27N5O3S. The maximum Gasteiger partial charge on any atom is 0.272 e. The first kappa shape index (κ1) is 25.4. The maximum atomic E-state index is 13.2. The molecule has 0 fully saturated rings. The number of aryl methyl sites for hydroxylation is 3. The molecule has 3 aromatic heterocycles. The number of hydrogen-bond acceptors (Lipinski definition) is 5. The number of fused-ring (bicyclic) bond motifs is 1. The summed E-state index contributed by atoms with van der Waals surface area (Å²) < 4.78 is 25.4. The van der Waals surface area contributed by atoms with Crippen LogP contribution >= 0.6 is 0 Å². The van der Waals surface area contributed by atoms with Gasteiger partial charge in [-0.2, -0.15) is 0 Å². The van der Waals surface area contributed by atoms with Crippen LogP contribution < -0.4 is 4.31 Å². The summed E-state index contributed by atoms with van der Waals surface area (Å²) in [5.74, 6) is 0.396. The average molecular weight is 526 g/mol. The Kier molecular flexibility index (Phi) is 7.13. The summed E-state index contributed by atoms with van der Waals surface area (Å²) in [6.07, 6.45) is 3.88. The molecular weight excluding hydrogens is 498 g/mol. The van der Waals surface area contributed by atoms with Gasteiger partial charge in [-0.05, 0) is 54.8 Å². The van der Waals surface area contributed by atoms with E-state index in [0.29, 0.717) is 23.4 Å². The molecule has 5 aromatic rings. The lowest BCUT2D eigenvalue weighted by atomic mass is 10.0. The highest BCUT2D eigenvalue weighted by Crippen LogP contribution is 2.32. The van der Waals surface area contributed by atoms with Crippen molar-refractivity contribution < 1.29 is 13.6 Å². The van der Waals surface area contributed by atoms with Crippen molar-refractivity contribution in [2.45, 2.75) is 33.7 Å². The topological polar surface area (TPSA) is 101 Å². The fourth-order valence-corrected chi connectivity index (χ4v) is 5.18. The lowest BCUT2D eigenvalue weighted by Crippen LogP contribution is -2.33. The molecule has 5 rings (SSSR count). The van der Waals surface area contributed by atoms with Gasteiger partial charge >= 0.3 is 0 Å². The minimum atomic E-state index is -2.58. The zero-order chi connectivity index (χ0) is 26.8. The van der Waals surface area contributed by atoms with Crippen LogP contribution in [0.1, 0.15) is 39.9 Å². The molecule has 8 nitrogen and oxygen atoms in total. The first-order chi connectivity index (χ1) is 18.4. The molecule has 0 saturated carbocycles. The van der Waals surface area contributed by atoms with Gasteiger partial charge in [-0.15, -0.1) is 0 Å². The van der Waals surface area contributed by atoms with Crippen LogP contribution in [0.5, 0.6) is 0 Å². The number of carbonyl (C=O) groups excluding carboxylic acids is 1. The average Bonchev–Trinajstić information content (AvgIpc) is 3.27. The Balaban J connectivity index is 1.49. The number of anilines is 1. The molecule has 1 amide bonds. The fraction of sp³-hybridized carbons (Fsp3) is 0.172. The van der Waals surface area contributed by atoms with Crippen LogP contribution in [-0.4, -0.2) is 34.2 Å². The number of nitrogens with zero attached hydrogens (tertiary/aromatic N) is 5. The van der Waals surface area contributed by atoms with E-state index in [1.165, 1.54) is 6.20 Å². The Morgan fingerprint density at radius 1 is 1.03 bits per heavy atom. The van der Waals surface area contributed by atoms with Gasteiger partial charge in [-0.3, -0.25) is 14.3 Å². The van der Waals surface area contributed by atoms with Gasteiger partial charge in [0, 0.05) is 35.6 Å². The van der Waals surface area contributed by atoms with E-state index in [9.17, 15) is 13.6 Å². The van der Waals surface area contributed by atoms with Crippen LogP contribution in [0.25, 0.3) is 22.3 Å². The van der Waals surface area contributed by atoms with E-state index in [1.54, 1.807) is 42.6 Å². The number of hydrogen-bond donors (Lipinski definition) is 1. The Morgan fingerprint density at radius 2 is 1.76 bits per heavy atom. The summed E-state index contributed by atoms with van der Waals surface area (Å²) >= 11 is -2.58. The van der Waals surface area contributed by atoms with E-state index >= 15 is 0 Å².